The van der Waals surface area contributed by atoms with Crippen LogP contribution in [-0.2, 0) is 0 Å². The maximum absolute atomic E-state index is 5.99. The Balaban J connectivity index is 1.95. The van der Waals surface area contributed by atoms with Crippen LogP contribution < -0.4 is 11.1 Å². The van der Waals surface area contributed by atoms with Crippen molar-refractivity contribution in [3.63, 3.8) is 0 Å². The van der Waals surface area contributed by atoms with Gasteiger partial charge in [0.1, 0.15) is 0 Å². The van der Waals surface area contributed by atoms with Crippen LogP contribution in [0.2, 0.25) is 0 Å². The molecule has 4 heteroatoms. The van der Waals surface area contributed by atoms with E-state index in [1.807, 2.05) is 18.3 Å². The smallest absolute Gasteiger partial charge is 0.0439 e. The monoisotopic (exact) mass is 242 g/mol. The minimum atomic E-state index is 0.516. The van der Waals surface area contributed by atoms with Crippen molar-refractivity contribution in [2.45, 2.75) is 12.5 Å². The number of pyridine rings is 1. The van der Waals surface area contributed by atoms with Gasteiger partial charge < -0.3 is 16.0 Å². The van der Waals surface area contributed by atoms with Gasteiger partial charge in [-0.15, -0.1) is 0 Å². The maximum Gasteiger partial charge on any atom is 0.0439 e. The van der Waals surface area contributed by atoms with Gasteiger partial charge >= 0.3 is 0 Å². The van der Waals surface area contributed by atoms with Gasteiger partial charge in [-0.25, -0.2) is 0 Å². The first-order chi connectivity index (χ1) is 8.74. The number of likely N-dealkylation sites (tertiary alicyclic amines) is 1. The molecule has 94 valence electrons. The average Bonchev–Trinajstić information content (AvgIpc) is 2.79. The minimum absolute atomic E-state index is 0.516. The molecule has 3 rings (SSSR count). The molecule has 18 heavy (non-hydrogen) atoms. The molecule has 3 N–H and O–H groups in total. The topological polar surface area (TPSA) is 54.2 Å². The zero-order valence-corrected chi connectivity index (χ0v) is 10.6. The molecule has 0 radical (unpaired) electrons. The van der Waals surface area contributed by atoms with Crippen LogP contribution in [0.3, 0.4) is 0 Å². The number of nitrogen functional groups attached to an aromatic ring is 1. The third-order valence-electron chi connectivity index (χ3n) is 3.60. The lowest BCUT2D eigenvalue weighted by Crippen LogP contribution is -2.23. The third-order valence-corrected chi connectivity index (χ3v) is 3.60. The van der Waals surface area contributed by atoms with Crippen molar-refractivity contribution >= 4 is 22.1 Å². The summed E-state index contributed by atoms with van der Waals surface area (Å²) in [6.45, 7) is 2.24. The molecule has 1 aliphatic rings. The maximum atomic E-state index is 5.99. The van der Waals surface area contributed by atoms with E-state index in [9.17, 15) is 0 Å². The van der Waals surface area contributed by atoms with Crippen LogP contribution >= 0.6 is 0 Å². The van der Waals surface area contributed by atoms with E-state index in [0.29, 0.717) is 6.04 Å². The van der Waals surface area contributed by atoms with Gasteiger partial charge in [0.15, 0.2) is 0 Å². The van der Waals surface area contributed by atoms with E-state index >= 15 is 0 Å². The summed E-state index contributed by atoms with van der Waals surface area (Å²) in [4.78, 5) is 6.54. The Hall–Kier alpha value is -1.81. The second-order valence-corrected chi connectivity index (χ2v) is 5.02. The molecule has 2 heterocycles. The molecule has 4 nitrogen and oxygen atoms in total. The van der Waals surface area contributed by atoms with Crippen LogP contribution in [0.25, 0.3) is 10.8 Å². The Bertz CT molecular complexity index is 567. The summed E-state index contributed by atoms with van der Waals surface area (Å²) < 4.78 is 0. The van der Waals surface area contributed by atoms with Crippen molar-refractivity contribution in [1.82, 2.24) is 9.88 Å². The summed E-state index contributed by atoms with van der Waals surface area (Å²) in [5.74, 6) is 0. The summed E-state index contributed by atoms with van der Waals surface area (Å²) in [6, 6.07) is 6.50. The lowest BCUT2D eigenvalue weighted by Gasteiger charge is -2.16. The number of nitrogens with one attached hydrogen (secondary N) is 1. The van der Waals surface area contributed by atoms with E-state index in [4.69, 9.17) is 5.73 Å². The lowest BCUT2D eigenvalue weighted by molar-refractivity contribution is 0.414. The zero-order chi connectivity index (χ0) is 12.5. The number of anilines is 2. The van der Waals surface area contributed by atoms with Crippen LogP contribution in [0.15, 0.2) is 30.6 Å². The SMILES string of the molecule is CN1CCC(Nc2ccc(N)c3ccncc23)C1. The highest BCUT2D eigenvalue weighted by molar-refractivity contribution is 6.00. The van der Waals surface area contributed by atoms with Crippen LogP contribution in [0.1, 0.15) is 6.42 Å². The number of rotatable bonds is 2. The highest BCUT2D eigenvalue weighted by atomic mass is 15.2. The number of benzene rings is 1. The van der Waals surface area contributed by atoms with E-state index in [2.05, 4.69) is 28.3 Å². The van der Waals surface area contributed by atoms with Crippen LogP contribution in [0.4, 0.5) is 11.4 Å². The van der Waals surface area contributed by atoms with Gasteiger partial charge in [0.25, 0.3) is 0 Å². The molecule has 2 aromatic rings. The normalized spacial score (nSPS) is 20.4. The first-order valence-corrected chi connectivity index (χ1v) is 6.31. The molecule has 0 amide bonds. The van der Waals surface area contributed by atoms with Gasteiger partial charge in [0, 0.05) is 47.1 Å². The van der Waals surface area contributed by atoms with Crippen molar-refractivity contribution in [2.24, 2.45) is 0 Å². The molecule has 1 aliphatic heterocycles. The molecule has 1 unspecified atom stereocenters. The van der Waals surface area contributed by atoms with Crippen molar-refractivity contribution < 1.29 is 0 Å². The van der Waals surface area contributed by atoms with Crippen molar-refractivity contribution in [2.75, 3.05) is 31.2 Å². The first kappa shape index (κ1) is 11.3. The van der Waals surface area contributed by atoms with E-state index in [0.717, 1.165) is 35.2 Å². The lowest BCUT2D eigenvalue weighted by atomic mass is 10.1. The summed E-state index contributed by atoms with van der Waals surface area (Å²) in [6.07, 6.45) is 4.85. The van der Waals surface area contributed by atoms with Crippen molar-refractivity contribution in [3.05, 3.63) is 30.6 Å². The Morgan fingerprint density at radius 1 is 1.33 bits per heavy atom. The third kappa shape index (κ3) is 1.99. The van der Waals surface area contributed by atoms with Crippen LogP contribution in [0, 0.1) is 0 Å². The molecule has 0 aliphatic carbocycles. The summed E-state index contributed by atoms with van der Waals surface area (Å²) in [5, 5.41) is 5.78. The molecular formula is C14H18N4. The average molecular weight is 242 g/mol. The number of hydrogen-bond donors (Lipinski definition) is 2. The molecule has 0 spiro atoms. The summed E-state index contributed by atoms with van der Waals surface area (Å²) >= 11 is 0. The number of nitrogens with two attached hydrogens (primary N) is 1. The number of fused-ring (bicyclic) bond motifs is 1. The molecule has 1 atom stereocenters. The second-order valence-electron chi connectivity index (χ2n) is 5.02. The Morgan fingerprint density at radius 3 is 3.00 bits per heavy atom. The first-order valence-electron chi connectivity index (χ1n) is 6.31. The highest BCUT2D eigenvalue weighted by Crippen LogP contribution is 2.28. The number of nitrogens with zero attached hydrogens (tertiary/aromatic N) is 2. The fraction of sp³-hybridized carbons (Fsp3) is 0.357. The number of hydrogen-bond acceptors (Lipinski definition) is 4. The van der Waals surface area contributed by atoms with Gasteiger partial charge in [-0.05, 0) is 38.2 Å². The summed E-state index contributed by atoms with van der Waals surface area (Å²) in [7, 11) is 2.16. The molecule has 1 aromatic carbocycles. The van der Waals surface area contributed by atoms with Crippen molar-refractivity contribution in [3.8, 4) is 0 Å². The fourth-order valence-corrected chi connectivity index (χ4v) is 2.61. The van der Waals surface area contributed by atoms with E-state index in [1.54, 1.807) is 6.20 Å². The van der Waals surface area contributed by atoms with Gasteiger partial charge in [-0.1, -0.05) is 0 Å². The largest absolute Gasteiger partial charge is 0.398 e. The summed E-state index contributed by atoms with van der Waals surface area (Å²) in [5.41, 5.74) is 7.93. The number of aromatic nitrogens is 1. The standard InChI is InChI=1S/C14H18N4/c1-18-7-5-10(9-18)17-14-3-2-13(15)11-4-6-16-8-12(11)14/h2-4,6,8,10,17H,5,7,9,15H2,1H3. The van der Waals surface area contributed by atoms with E-state index in [-0.39, 0.29) is 0 Å². The van der Waals surface area contributed by atoms with Gasteiger partial charge in [0.05, 0.1) is 0 Å². The predicted octanol–water partition coefficient (Wildman–Crippen LogP) is 1.93. The van der Waals surface area contributed by atoms with Gasteiger partial charge in [0.2, 0.25) is 0 Å². The Labute approximate surface area is 107 Å². The van der Waals surface area contributed by atoms with E-state index in [1.165, 1.54) is 6.42 Å². The zero-order valence-electron chi connectivity index (χ0n) is 10.6. The second kappa shape index (κ2) is 4.46. The minimum Gasteiger partial charge on any atom is -0.398 e. The highest BCUT2D eigenvalue weighted by Gasteiger charge is 2.19. The molecule has 1 fully saturated rings. The quantitative estimate of drug-likeness (QED) is 0.790. The van der Waals surface area contributed by atoms with Crippen LogP contribution in [-0.4, -0.2) is 36.1 Å². The van der Waals surface area contributed by atoms with Crippen LogP contribution in [0.5, 0.6) is 0 Å². The van der Waals surface area contributed by atoms with Gasteiger partial charge in [-0.3, -0.25) is 4.98 Å². The molecule has 0 bridgehead atoms. The Morgan fingerprint density at radius 2 is 2.22 bits per heavy atom. The van der Waals surface area contributed by atoms with E-state index < -0.39 is 0 Å². The number of likely N-dealkylation sites (N-methyl/N-ethyl adjacent to an activating group) is 1. The van der Waals surface area contributed by atoms with Crippen molar-refractivity contribution in [1.29, 1.82) is 0 Å². The molecule has 0 saturated carbocycles. The molecule has 1 saturated heterocycles. The fourth-order valence-electron chi connectivity index (χ4n) is 2.61. The predicted molar refractivity (Wildman–Crippen MR) is 75.7 cm³/mol. The van der Waals surface area contributed by atoms with Gasteiger partial charge in [-0.2, -0.15) is 0 Å². The Kier molecular flexibility index (Phi) is 2.80. The molecular weight excluding hydrogens is 224 g/mol. The molecule has 1 aromatic heterocycles.